The van der Waals surface area contributed by atoms with Crippen LogP contribution in [0.3, 0.4) is 0 Å². The zero-order chi connectivity index (χ0) is 12.8. The van der Waals surface area contributed by atoms with E-state index in [4.69, 9.17) is 10.9 Å². The summed E-state index contributed by atoms with van der Waals surface area (Å²) in [7, 11) is 1.71. The maximum absolute atomic E-state index is 12.1. The topological polar surface area (TPSA) is 96.7 Å². The van der Waals surface area contributed by atoms with Crippen LogP contribution in [-0.4, -0.2) is 44.7 Å². The summed E-state index contributed by atoms with van der Waals surface area (Å²) in [5.41, 5.74) is 5.89. The van der Waals surface area contributed by atoms with Gasteiger partial charge >= 0.3 is 0 Å². The molecule has 0 aliphatic rings. The third kappa shape index (κ3) is 3.20. The first-order valence-corrected chi connectivity index (χ1v) is 5.33. The third-order valence-corrected chi connectivity index (χ3v) is 2.48. The zero-order valence-corrected chi connectivity index (χ0v) is 10.00. The highest BCUT2D eigenvalue weighted by Gasteiger charge is 2.17. The van der Waals surface area contributed by atoms with Crippen LogP contribution in [0.15, 0.2) is 17.4 Å². The molecule has 0 bridgehead atoms. The summed E-state index contributed by atoms with van der Waals surface area (Å²) in [6.07, 6.45) is 1.92. The Kier molecular flexibility index (Phi) is 4.50. The molecule has 0 radical (unpaired) electrons. The molecule has 94 valence electrons. The van der Waals surface area contributed by atoms with E-state index in [0.717, 1.165) is 0 Å². The zero-order valence-electron chi connectivity index (χ0n) is 10.00. The summed E-state index contributed by atoms with van der Waals surface area (Å²) in [5.74, 6) is -0.000467. The van der Waals surface area contributed by atoms with E-state index in [2.05, 4.69) is 10.3 Å². The Morgan fingerprint density at radius 2 is 2.41 bits per heavy atom. The number of oxime groups is 1. The number of hydrogen-bond donors (Lipinski definition) is 2. The van der Waals surface area contributed by atoms with Gasteiger partial charge in [0.15, 0.2) is 0 Å². The second kappa shape index (κ2) is 5.88. The third-order valence-electron chi connectivity index (χ3n) is 2.48. The number of rotatable bonds is 5. The van der Waals surface area contributed by atoms with Crippen LogP contribution in [0.2, 0.25) is 0 Å². The number of amides is 1. The van der Waals surface area contributed by atoms with E-state index >= 15 is 0 Å². The van der Waals surface area contributed by atoms with Crippen molar-refractivity contribution in [1.29, 1.82) is 0 Å². The Labute approximate surface area is 99.5 Å². The van der Waals surface area contributed by atoms with E-state index in [1.807, 2.05) is 6.92 Å². The number of aromatic nitrogens is 2. The predicted octanol–water partition coefficient (Wildman–Crippen LogP) is 0.0187. The van der Waals surface area contributed by atoms with E-state index in [0.29, 0.717) is 25.2 Å². The van der Waals surface area contributed by atoms with Crippen LogP contribution < -0.4 is 5.73 Å². The van der Waals surface area contributed by atoms with Crippen LogP contribution in [0.1, 0.15) is 23.8 Å². The molecular weight excluding hydrogens is 222 g/mol. The Balaban J connectivity index is 2.68. The van der Waals surface area contributed by atoms with E-state index in [-0.39, 0.29) is 11.7 Å². The Bertz CT molecular complexity index is 413. The van der Waals surface area contributed by atoms with Crippen molar-refractivity contribution in [2.75, 3.05) is 13.1 Å². The van der Waals surface area contributed by atoms with Gasteiger partial charge in [0.05, 0.1) is 0 Å². The van der Waals surface area contributed by atoms with Crippen LogP contribution in [0.5, 0.6) is 0 Å². The number of nitrogens with zero attached hydrogens (tertiary/aromatic N) is 4. The van der Waals surface area contributed by atoms with Crippen molar-refractivity contribution in [2.24, 2.45) is 17.9 Å². The van der Waals surface area contributed by atoms with Gasteiger partial charge in [0.1, 0.15) is 11.5 Å². The van der Waals surface area contributed by atoms with Crippen molar-refractivity contribution in [3.8, 4) is 0 Å². The molecule has 1 aromatic rings. The molecular formula is C10H17N5O2. The second-order valence-electron chi connectivity index (χ2n) is 3.57. The van der Waals surface area contributed by atoms with Crippen LogP contribution in [0, 0.1) is 0 Å². The standard InChI is InChI=1S/C10H17N5O2/c1-3-15(7-5-9(11)13-17)10(16)8-4-6-12-14(8)2/h4,6,17H,3,5,7H2,1-2H3,(H2,11,13). The van der Waals surface area contributed by atoms with Gasteiger partial charge in [0, 0.05) is 32.8 Å². The quantitative estimate of drug-likeness (QED) is 0.327. The molecule has 17 heavy (non-hydrogen) atoms. The molecule has 0 spiro atoms. The van der Waals surface area contributed by atoms with Crippen LogP contribution in [-0.2, 0) is 7.05 Å². The Morgan fingerprint density at radius 3 is 2.88 bits per heavy atom. The number of amidine groups is 1. The average molecular weight is 239 g/mol. The van der Waals surface area contributed by atoms with E-state index in [1.165, 1.54) is 4.68 Å². The number of carbonyl (C=O) groups is 1. The van der Waals surface area contributed by atoms with Gasteiger partial charge in [0.2, 0.25) is 0 Å². The highest BCUT2D eigenvalue weighted by molar-refractivity contribution is 5.92. The molecule has 3 N–H and O–H groups in total. The maximum Gasteiger partial charge on any atom is 0.272 e. The summed E-state index contributed by atoms with van der Waals surface area (Å²) in [6, 6.07) is 1.66. The molecule has 0 aliphatic carbocycles. The van der Waals surface area contributed by atoms with Gasteiger partial charge in [-0.15, -0.1) is 0 Å². The summed E-state index contributed by atoms with van der Waals surface area (Å²) < 4.78 is 1.52. The van der Waals surface area contributed by atoms with Gasteiger partial charge in [-0.3, -0.25) is 9.48 Å². The molecule has 0 saturated carbocycles. The molecule has 7 heteroatoms. The van der Waals surface area contributed by atoms with Crippen molar-refractivity contribution in [3.05, 3.63) is 18.0 Å². The Hall–Kier alpha value is -2.05. The summed E-state index contributed by atoms with van der Waals surface area (Å²) >= 11 is 0. The monoisotopic (exact) mass is 239 g/mol. The minimum absolute atomic E-state index is 0.112. The maximum atomic E-state index is 12.1. The van der Waals surface area contributed by atoms with Crippen molar-refractivity contribution in [2.45, 2.75) is 13.3 Å². The lowest BCUT2D eigenvalue weighted by molar-refractivity contribution is 0.0757. The molecule has 0 fully saturated rings. The predicted molar refractivity (Wildman–Crippen MR) is 62.8 cm³/mol. The van der Waals surface area contributed by atoms with Gasteiger partial charge in [-0.25, -0.2) is 0 Å². The first-order chi connectivity index (χ1) is 8.10. The lowest BCUT2D eigenvalue weighted by Gasteiger charge is -2.20. The Morgan fingerprint density at radius 1 is 1.71 bits per heavy atom. The average Bonchev–Trinajstić information content (AvgIpc) is 2.75. The molecule has 1 aromatic heterocycles. The van der Waals surface area contributed by atoms with Crippen molar-refractivity contribution < 1.29 is 10.0 Å². The first kappa shape index (κ1) is 13.0. The molecule has 0 unspecified atom stereocenters. The minimum Gasteiger partial charge on any atom is -0.409 e. The number of nitrogens with two attached hydrogens (primary N) is 1. The van der Waals surface area contributed by atoms with Crippen LogP contribution in [0.25, 0.3) is 0 Å². The van der Waals surface area contributed by atoms with Gasteiger partial charge in [-0.2, -0.15) is 5.10 Å². The lowest BCUT2D eigenvalue weighted by atomic mass is 10.3. The fourth-order valence-electron chi connectivity index (χ4n) is 1.45. The molecule has 0 aliphatic heterocycles. The fraction of sp³-hybridized carbons (Fsp3) is 0.500. The van der Waals surface area contributed by atoms with Crippen LogP contribution >= 0.6 is 0 Å². The lowest BCUT2D eigenvalue weighted by Crippen LogP contribution is -2.35. The van der Waals surface area contributed by atoms with Crippen molar-refractivity contribution in [3.63, 3.8) is 0 Å². The molecule has 1 amide bonds. The van der Waals surface area contributed by atoms with Gasteiger partial charge < -0.3 is 15.8 Å². The van der Waals surface area contributed by atoms with Crippen molar-refractivity contribution >= 4 is 11.7 Å². The highest BCUT2D eigenvalue weighted by atomic mass is 16.4. The summed E-state index contributed by atoms with van der Waals surface area (Å²) in [6.45, 7) is 2.85. The summed E-state index contributed by atoms with van der Waals surface area (Å²) in [5, 5.41) is 15.3. The van der Waals surface area contributed by atoms with E-state index in [1.54, 1.807) is 24.2 Å². The smallest absolute Gasteiger partial charge is 0.272 e. The molecule has 0 saturated heterocycles. The highest BCUT2D eigenvalue weighted by Crippen LogP contribution is 2.04. The van der Waals surface area contributed by atoms with Crippen molar-refractivity contribution in [1.82, 2.24) is 14.7 Å². The number of hydrogen-bond acceptors (Lipinski definition) is 4. The fourth-order valence-corrected chi connectivity index (χ4v) is 1.45. The molecule has 0 aromatic carbocycles. The largest absolute Gasteiger partial charge is 0.409 e. The summed E-state index contributed by atoms with van der Waals surface area (Å²) in [4.78, 5) is 13.7. The minimum atomic E-state index is -0.113. The molecule has 1 heterocycles. The molecule has 1 rings (SSSR count). The SMILES string of the molecule is CCN(CCC(N)=NO)C(=O)c1ccnn1C. The van der Waals surface area contributed by atoms with Gasteiger partial charge in [0.25, 0.3) is 5.91 Å². The number of aryl methyl sites for hydroxylation is 1. The number of carbonyl (C=O) groups excluding carboxylic acids is 1. The second-order valence-corrected chi connectivity index (χ2v) is 3.57. The van der Waals surface area contributed by atoms with E-state index < -0.39 is 0 Å². The van der Waals surface area contributed by atoms with Gasteiger partial charge in [-0.05, 0) is 13.0 Å². The normalized spacial score (nSPS) is 11.5. The first-order valence-electron chi connectivity index (χ1n) is 5.33. The van der Waals surface area contributed by atoms with Gasteiger partial charge in [-0.1, -0.05) is 5.16 Å². The van der Waals surface area contributed by atoms with Crippen LogP contribution in [0.4, 0.5) is 0 Å². The molecule has 7 nitrogen and oxygen atoms in total. The van der Waals surface area contributed by atoms with E-state index in [9.17, 15) is 4.79 Å². The molecule has 0 atom stereocenters.